The molecule has 0 spiro atoms. The second-order valence-corrected chi connectivity index (χ2v) is 10.3. The summed E-state index contributed by atoms with van der Waals surface area (Å²) in [6.07, 6.45) is 1.73. The lowest BCUT2D eigenvalue weighted by Gasteiger charge is -2.46. The first kappa shape index (κ1) is 22.8. The normalized spacial score (nSPS) is 22.4. The van der Waals surface area contributed by atoms with Gasteiger partial charge in [0.25, 0.3) is 10.1 Å². The molecule has 1 fully saturated rings. The summed E-state index contributed by atoms with van der Waals surface area (Å²) in [6, 6.07) is 5.76. The Bertz CT molecular complexity index is 877. The zero-order chi connectivity index (χ0) is 22.1. The van der Waals surface area contributed by atoms with E-state index in [0.717, 1.165) is 17.0 Å². The molecule has 0 radical (unpaired) electrons. The molecule has 1 atom stereocenters. The molecule has 0 aliphatic carbocycles. The molecular formula is C21H32N2O6S. The molecule has 168 valence electrons. The Balaban J connectivity index is 1.72. The van der Waals surface area contributed by atoms with Crippen LogP contribution in [-0.2, 0) is 23.9 Å². The van der Waals surface area contributed by atoms with Gasteiger partial charge in [-0.3, -0.25) is 4.79 Å². The van der Waals surface area contributed by atoms with E-state index in [2.05, 4.69) is 18.7 Å². The highest BCUT2D eigenvalue weighted by atomic mass is 32.2. The molecule has 1 unspecified atom stereocenters. The summed E-state index contributed by atoms with van der Waals surface area (Å²) in [7, 11) is 1.22. The van der Waals surface area contributed by atoms with Gasteiger partial charge in [0.2, 0.25) is 0 Å². The lowest BCUT2D eigenvalue weighted by atomic mass is 9.80. The predicted molar refractivity (Wildman–Crippen MR) is 114 cm³/mol. The highest BCUT2D eigenvalue weighted by Crippen LogP contribution is 2.44. The fourth-order valence-electron chi connectivity index (χ4n) is 4.38. The van der Waals surface area contributed by atoms with Gasteiger partial charge in [-0.2, -0.15) is 17.8 Å². The number of hydroxylamine groups is 2. The van der Waals surface area contributed by atoms with Crippen LogP contribution in [0.5, 0.6) is 5.75 Å². The number of carbonyl (C=O) groups excluding carboxylic acids is 1. The Morgan fingerprint density at radius 1 is 1.20 bits per heavy atom. The maximum atomic E-state index is 12.9. The van der Waals surface area contributed by atoms with E-state index in [0.29, 0.717) is 32.4 Å². The van der Waals surface area contributed by atoms with E-state index < -0.39 is 10.1 Å². The van der Waals surface area contributed by atoms with Crippen molar-refractivity contribution in [3.63, 3.8) is 0 Å². The lowest BCUT2D eigenvalue weighted by Crippen LogP contribution is -2.47. The molecule has 1 aromatic carbocycles. The summed E-state index contributed by atoms with van der Waals surface area (Å²) in [5.41, 5.74) is 1.75. The van der Waals surface area contributed by atoms with E-state index in [9.17, 15) is 13.2 Å². The maximum Gasteiger partial charge on any atom is 0.308 e. The number of methoxy groups -OCH3 is 2. The molecule has 2 aliphatic heterocycles. The van der Waals surface area contributed by atoms with E-state index in [-0.39, 0.29) is 29.1 Å². The first-order chi connectivity index (χ1) is 14.1. The van der Waals surface area contributed by atoms with Crippen molar-refractivity contribution in [2.24, 2.45) is 5.92 Å². The predicted octanol–water partition coefficient (Wildman–Crippen LogP) is 2.54. The molecular weight excluding hydrogens is 408 g/mol. The van der Waals surface area contributed by atoms with Crippen molar-refractivity contribution >= 4 is 21.8 Å². The number of carbonyl (C=O) groups is 1. The van der Waals surface area contributed by atoms with Gasteiger partial charge in [0.1, 0.15) is 5.75 Å². The van der Waals surface area contributed by atoms with Crippen LogP contribution in [0.4, 0.5) is 5.69 Å². The quantitative estimate of drug-likeness (QED) is 0.624. The van der Waals surface area contributed by atoms with Crippen LogP contribution < -0.4 is 9.64 Å². The molecule has 3 rings (SSSR count). The molecule has 0 N–H and O–H groups in total. The van der Waals surface area contributed by atoms with E-state index in [1.165, 1.54) is 12.2 Å². The number of rotatable bonds is 6. The van der Waals surface area contributed by atoms with Crippen LogP contribution in [0.3, 0.4) is 0 Å². The van der Waals surface area contributed by atoms with Crippen LogP contribution >= 0.6 is 0 Å². The van der Waals surface area contributed by atoms with Crippen LogP contribution in [0.1, 0.15) is 44.6 Å². The van der Waals surface area contributed by atoms with Crippen LogP contribution in [0.2, 0.25) is 0 Å². The molecule has 0 amide bonds. The molecule has 30 heavy (non-hydrogen) atoms. The number of fused-ring (bicyclic) bond motifs is 1. The van der Waals surface area contributed by atoms with Gasteiger partial charge in [-0.25, -0.2) is 0 Å². The van der Waals surface area contributed by atoms with Crippen LogP contribution in [0.15, 0.2) is 18.2 Å². The minimum absolute atomic E-state index is 0.0967. The molecule has 9 heteroatoms. The number of hydrogen-bond acceptors (Lipinski definition) is 8. The Morgan fingerprint density at radius 3 is 2.47 bits per heavy atom. The third-order valence-electron chi connectivity index (χ3n) is 6.31. The van der Waals surface area contributed by atoms with Gasteiger partial charge in [0.15, 0.2) is 0 Å². The number of benzene rings is 1. The zero-order valence-electron chi connectivity index (χ0n) is 18.4. The Hall–Kier alpha value is -1.84. The average molecular weight is 441 g/mol. The minimum Gasteiger partial charge on any atom is -0.497 e. The molecule has 2 aliphatic rings. The van der Waals surface area contributed by atoms with E-state index in [4.69, 9.17) is 13.8 Å². The van der Waals surface area contributed by atoms with Crippen LogP contribution in [0.25, 0.3) is 0 Å². The van der Waals surface area contributed by atoms with Gasteiger partial charge in [0, 0.05) is 43.3 Å². The van der Waals surface area contributed by atoms with Gasteiger partial charge < -0.3 is 14.4 Å². The van der Waals surface area contributed by atoms with Crippen molar-refractivity contribution in [1.29, 1.82) is 0 Å². The molecule has 8 nitrogen and oxygen atoms in total. The summed E-state index contributed by atoms with van der Waals surface area (Å²) < 4.78 is 41.3. The summed E-state index contributed by atoms with van der Waals surface area (Å²) in [5, 5.41) is 1.45. The van der Waals surface area contributed by atoms with Crippen molar-refractivity contribution in [1.82, 2.24) is 5.06 Å². The summed E-state index contributed by atoms with van der Waals surface area (Å²) in [5.74, 6) is 0.00658. The van der Waals surface area contributed by atoms with E-state index in [1.54, 1.807) is 7.11 Å². The van der Waals surface area contributed by atoms with Crippen molar-refractivity contribution in [2.75, 3.05) is 45.0 Å². The maximum absolute atomic E-state index is 12.9. The number of hydrogen-bond donors (Lipinski definition) is 0. The SMILES string of the molecule is COC(=O)C1CCN(OS(=O)(=O)CC2CC(C)(C)N(C)c3cc(OC)ccc32)CC1. The molecule has 1 saturated heterocycles. The number of esters is 1. The molecule has 0 bridgehead atoms. The van der Waals surface area contributed by atoms with E-state index >= 15 is 0 Å². The van der Waals surface area contributed by atoms with Crippen LogP contribution in [0, 0.1) is 5.92 Å². The van der Waals surface area contributed by atoms with Crippen molar-refractivity contribution in [3.05, 3.63) is 23.8 Å². The minimum atomic E-state index is -3.79. The third kappa shape index (κ3) is 4.90. The van der Waals surface area contributed by atoms with Gasteiger partial charge in [-0.1, -0.05) is 6.07 Å². The van der Waals surface area contributed by atoms with Gasteiger partial charge >= 0.3 is 5.97 Å². The highest BCUT2D eigenvalue weighted by Gasteiger charge is 2.39. The fourth-order valence-corrected chi connectivity index (χ4v) is 5.70. The first-order valence-corrected chi connectivity index (χ1v) is 11.8. The number of ether oxygens (including phenoxy) is 2. The Kier molecular flexibility index (Phi) is 6.64. The highest BCUT2D eigenvalue weighted by molar-refractivity contribution is 7.86. The molecule has 0 saturated carbocycles. The topological polar surface area (TPSA) is 85.4 Å². The average Bonchev–Trinajstić information content (AvgIpc) is 2.70. The second-order valence-electron chi connectivity index (χ2n) is 8.72. The number of anilines is 1. The summed E-state index contributed by atoms with van der Waals surface area (Å²) >= 11 is 0. The number of nitrogens with zero attached hydrogens (tertiary/aromatic N) is 2. The van der Waals surface area contributed by atoms with Gasteiger partial charge in [-0.15, -0.1) is 0 Å². The number of piperidine rings is 1. The van der Waals surface area contributed by atoms with Crippen molar-refractivity contribution < 1.29 is 27.0 Å². The van der Waals surface area contributed by atoms with Gasteiger partial charge in [-0.05, 0) is 44.7 Å². The Morgan fingerprint density at radius 2 is 1.87 bits per heavy atom. The van der Waals surface area contributed by atoms with Gasteiger partial charge in [0.05, 0.1) is 25.9 Å². The van der Waals surface area contributed by atoms with Crippen molar-refractivity contribution in [2.45, 2.75) is 44.6 Å². The Labute approximate surface area is 179 Å². The molecule has 1 aromatic rings. The summed E-state index contributed by atoms with van der Waals surface area (Å²) in [6.45, 7) is 4.97. The first-order valence-electron chi connectivity index (χ1n) is 10.2. The summed E-state index contributed by atoms with van der Waals surface area (Å²) in [4.78, 5) is 13.8. The smallest absolute Gasteiger partial charge is 0.308 e. The van der Waals surface area contributed by atoms with E-state index in [1.807, 2.05) is 25.2 Å². The van der Waals surface area contributed by atoms with Crippen molar-refractivity contribution in [3.8, 4) is 5.75 Å². The van der Waals surface area contributed by atoms with Crippen LogP contribution in [-0.4, -0.2) is 65.1 Å². The largest absolute Gasteiger partial charge is 0.497 e. The zero-order valence-corrected chi connectivity index (χ0v) is 19.2. The molecule has 0 aromatic heterocycles. The second kappa shape index (κ2) is 8.72. The lowest BCUT2D eigenvalue weighted by molar-refractivity contribution is -0.150. The molecule has 2 heterocycles. The monoisotopic (exact) mass is 440 g/mol. The fraction of sp³-hybridized carbons (Fsp3) is 0.667. The third-order valence-corrected chi connectivity index (χ3v) is 7.55. The standard InChI is InChI=1S/C21H32N2O6S/c1-21(2)13-16(18-7-6-17(27-4)12-19(18)22(21)3)14-30(25,26)29-23-10-8-15(9-11-23)20(24)28-5/h6-7,12,15-16H,8-11,13-14H2,1-5H3.